The Kier molecular flexibility index (Phi) is 5.09. The van der Waals surface area contributed by atoms with Crippen LogP contribution in [0.2, 0.25) is 0 Å². The molecular weight excluding hydrogens is 348 g/mol. The number of hydrazone groups is 1. The molecule has 3 rings (SSSR count). The Morgan fingerprint density at radius 1 is 1.26 bits per heavy atom. The standard InChI is InChI=1S/C19H22N4O4/c1-4-27-18(25)16-11-19(26,15-8-6-5-7-9-15)23(21-16)17(24)12-22-14(3)10-13(2)20-22/h5-10,26H,4,11-12H2,1-3H3. The third-order valence-corrected chi connectivity index (χ3v) is 4.36. The van der Waals surface area contributed by atoms with Crippen molar-refractivity contribution in [1.82, 2.24) is 14.8 Å². The van der Waals surface area contributed by atoms with Gasteiger partial charge in [-0.3, -0.25) is 9.48 Å². The van der Waals surface area contributed by atoms with E-state index >= 15 is 0 Å². The maximum absolute atomic E-state index is 12.9. The zero-order chi connectivity index (χ0) is 19.6. The number of hydrogen-bond acceptors (Lipinski definition) is 6. The Morgan fingerprint density at radius 3 is 2.56 bits per heavy atom. The van der Waals surface area contributed by atoms with Crippen LogP contribution in [0.15, 0.2) is 41.5 Å². The number of aryl methyl sites for hydroxylation is 2. The van der Waals surface area contributed by atoms with E-state index in [2.05, 4.69) is 10.2 Å². The molecule has 1 aliphatic rings. The van der Waals surface area contributed by atoms with E-state index in [4.69, 9.17) is 4.74 Å². The Hall–Kier alpha value is -3.00. The summed E-state index contributed by atoms with van der Waals surface area (Å²) in [4.78, 5) is 25.1. The monoisotopic (exact) mass is 370 g/mol. The number of aliphatic hydroxyl groups is 1. The van der Waals surface area contributed by atoms with Crippen LogP contribution in [0.5, 0.6) is 0 Å². The van der Waals surface area contributed by atoms with Crippen molar-refractivity contribution < 1.29 is 19.4 Å². The molecule has 2 aromatic rings. The summed E-state index contributed by atoms with van der Waals surface area (Å²) in [6, 6.07) is 10.5. The van der Waals surface area contributed by atoms with Crippen LogP contribution >= 0.6 is 0 Å². The first-order valence-corrected chi connectivity index (χ1v) is 8.71. The number of amides is 1. The summed E-state index contributed by atoms with van der Waals surface area (Å²) in [5.74, 6) is -1.12. The molecular formula is C19H22N4O4. The average molecular weight is 370 g/mol. The van der Waals surface area contributed by atoms with Crippen LogP contribution in [0.25, 0.3) is 0 Å². The minimum Gasteiger partial charge on any atom is -0.461 e. The highest BCUT2D eigenvalue weighted by atomic mass is 16.5. The van der Waals surface area contributed by atoms with Gasteiger partial charge in [-0.25, -0.2) is 4.79 Å². The lowest BCUT2D eigenvalue weighted by Crippen LogP contribution is -2.45. The lowest BCUT2D eigenvalue weighted by Gasteiger charge is -2.31. The van der Waals surface area contributed by atoms with Crippen LogP contribution in [0.4, 0.5) is 0 Å². The van der Waals surface area contributed by atoms with E-state index < -0.39 is 17.6 Å². The van der Waals surface area contributed by atoms with E-state index in [9.17, 15) is 14.7 Å². The first kappa shape index (κ1) is 18.8. The molecule has 0 bridgehead atoms. The largest absolute Gasteiger partial charge is 0.461 e. The normalized spacial score (nSPS) is 19.1. The van der Waals surface area contributed by atoms with Gasteiger partial charge >= 0.3 is 5.97 Å². The summed E-state index contributed by atoms with van der Waals surface area (Å²) in [5, 5.41) is 20.6. The number of rotatable bonds is 5. The van der Waals surface area contributed by atoms with E-state index in [1.807, 2.05) is 19.9 Å². The Bertz CT molecular complexity index is 890. The lowest BCUT2D eigenvalue weighted by atomic mass is 9.97. The molecule has 2 heterocycles. The summed E-state index contributed by atoms with van der Waals surface area (Å²) in [6.07, 6.45) is -0.140. The van der Waals surface area contributed by atoms with Gasteiger partial charge in [0.05, 0.1) is 18.7 Å². The fourth-order valence-corrected chi connectivity index (χ4v) is 3.10. The summed E-state index contributed by atoms with van der Waals surface area (Å²) in [7, 11) is 0. The summed E-state index contributed by atoms with van der Waals surface area (Å²) >= 11 is 0. The minimum absolute atomic E-state index is 0.00456. The number of benzene rings is 1. The molecule has 1 amide bonds. The van der Waals surface area contributed by atoms with E-state index in [1.54, 1.807) is 41.9 Å². The molecule has 1 aliphatic heterocycles. The maximum Gasteiger partial charge on any atom is 0.354 e. The molecule has 0 radical (unpaired) electrons. The second kappa shape index (κ2) is 7.32. The van der Waals surface area contributed by atoms with E-state index in [0.717, 1.165) is 16.4 Å². The van der Waals surface area contributed by atoms with Crippen molar-refractivity contribution in [1.29, 1.82) is 0 Å². The molecule has 1 N–H and O–H groups in total. The molecule has 0 saturated carbocycles. The molecule has 27 heavy (non-hydrogen) atoms. The van der Waals surface area contributed by atoms with Gasteiger partial charge in [-0.15, -0.1) is 0 Å². The van der Waals surface area contributed by atoms with Crippen molar-refractivity contribution in [2.45, 2.75) is 39.5 Å². The molecule has 8 nitrogen and oxygen atoms in total. The van der Waals surface area contributed by atoms with Crippen LogP contribution in [-0.2, 0) is 26.6 Å². The Morgan fingerprint density at radius 2 is 1.96 bits per heavy atom. The van der Waals surface area contributed by atoms with E-state index in [1.165, 1.54) is 0 Å². The Labute approximate surface area is 157 Å². The quantitative estimate of drug-likeness (QED) is 0.805. The van der Waals surface area contributed by atoms with E-state index in [0.29, 0.717) is 5.56 Å². The highest BCUT2D eigenvalue weighted by Gasteiger charge is 2.48. The first-order valence-electron chi connectivity index (χ1n) is 8.71. The topological polar surface area (TPSA) is 97.0 Å². The maximum atomic E-state index is 12.9. The van der Waals surface area contributed by atoms with Crippen molar-refractivity contribution in [3.8, 4) is 0 Å². The van der Waals surface area contributed by atoms with Crippen molar-refractivity contribution >= 4 is 17.6 Å². The molecule has 8 heteroatoms. The zero-order valence-corrected chi connectivity index (χ0v) is 15.5. The molecule has 0 saturated heterocycles. The molecule has 1 aromatic heterocycles. The smallest absolute Gasteiger partial charge is 0.354 e. The second-order valence-electron chi connectivity index (χ2n) is 6.42. The van der Waals surface area contributed by atoms with Crippen molar-refractivity contribution in [2.75, 3.05) is 6.61 Å². The van der Waals surface area contributed by atoms with E-state index in [-0.39, 0.29) is 25.3 Å². The van der Waals surface area contributed by atoms with Gasteiger partial charge in [-0.05, 0) is 26.8 Å². The predicted octanol–water partition coefficient (Wildman–Crippen LogP) is 1.50. The highest BCUT2D eigenvalue weighted by molar-refractivity contribution is 6.37. The third-order valence-electron chi connectivity index (χ3n) is 4.36. The second-order valence-corrected chi connectivity index (χ2v) is 6.42. The lowest BCUT2D eigenvalue weighted by molar-refractivity contribution is -0.158. The third kappa shape index (κ3) is 3.61. The fraction of sp³-hybridized carbons (Fsp3) is 0.368. The molecule has 142 valence electrons. The molecule has 0 spiro atoms. The predicted molar refractivity (Wildman–Crippen MR) is 97.6 cm³/mol. The molecule has 1 aromatic carbocycles. The number of esters is 1. The van der Waals surface area contributed by atoms with Gasteiger partial charge in [0.25, 0.3) is 5.91 Å². The van der Waals surface area contributed by atoms with Crippen LogP contribution < -0.4 is 0 Å². The molecule has 0 aliphatic carbocycles. The van der Waals surface area contributed by atoms with Crippen molar-refractivity contribution in [3.05, 3.63) is 53.3 Å². The van der Waals surface area contributed by atoms with Crippen molar-refractivity contribution in [3.63, 3.8) is 0 Å². The van der Waals surface area contributed by atoms with Gasteiger partial charge in [0.1, 0.15) is 6.54 Å². The zero-order valence-electron chi connectivity index (χ0n) is 15.5. The van der Waals surface area contributed by atoms with Crippen molar-refractivity contribution in [2.24, 2.45) is 5.10 Å². The van der Waals surface area contributed by atoms with Crippen LogP contribution in [0.1, 0.15) is 30.3 Å². The van der Waals surface area contributed by atoms with Crippen LogP contribution in [0, 0.1) is 13.8 Å². The van der Waals surface area contributed by atoms with Gasteiger partial charge in [-0.1, -0.05) is 30.3 Å². The summed E-state index contributed by atoms with van der Waals surface area (Å²) < 4.78 is 6.53. The highest BCUT2D eigenvalue weighted by Crippen LogP contribution is 2.35. The number of carbonyl (C=O) groups excluding carboxylic acids is 2. The van der Waals surface area contributed by atoms with Crippen LogP contribution in [0.3, 0.4) is 0 Å². The summed E-state index contributed by atoms with van der Waals surface area (Å²) in [6.45, 7) is 5.44. The minimum atomic E-state index is -1.75. The van der Waals surface area contributed by atoms with Gasteiger partial charge in [-0.2, -0.15) is 15.2 Å². The Balaban J connectivity index is 1.94. The number of hydrogen-bond donors (Lipinski definition) is 1. The molecule has 1 unspecified atom stereocenters. The number of nitrogens with zero attached hydrogens (tertiary/aromatic N) is 4. The summed E-state index contributed by atoms with van der Waals surface area (Å²) in [5.41, 5.74) is 0.324. The van der Waals surface area contributed by atoms with Gasteiger partial charge < -0.3 is 9.84 Å². The SMILES string of the molecule is CCOC(=O)C1=NN(C(=O)Cn2nc(C)cc2C)C(O)(c2ccccc2)C1. The van der Waals surface area contributed by atoms with Gasteiger partial charge in [0.15, 0.2) is 11.4 Å². The fourth-order valence-electron chi connectivity index (χ4n) is 3.10. The number of carbonyl (C=O) groups is 2. The molecule has 1 atom stereocenters. The molecule has 0 fully saturated rings. The first-order chi connectivity index (χ1) is 12.8. The van der Waals surface area contributed by atoms with Crippen LogP contribution in [-0.4, -0.2) is 44.1 Å². The van der Waals surface area contributed by atoms with Gasteiger partial charge in [0, 0.05) is 11.3 Å². The number of ether oxygens (including phenoxy) is 1. The van der Waals surface area contributed by atoms with Gasteiger partial charge in [0.2, 0.25) is 0 Å². The average Bonchev–Trinajstić information content (AvgIpc) is 3.16. The number of aromatic nitrogens is 2.